The van der Waals surface area contributed by atoms with Crippen LogP contribution in [0.2, 0.25) is 10.0 Å². The SMILES string of the molecule is Cc1ccc2oc(C(N)c3ccc(Cl)c(Cl)c3)cc2c1. The Morgan fingerprint density at radius 3 is 2.55 bits per heavy atom. The highest BCUT2D eigenvalue weighted by molar-refractivity contribution is 6.42. The monoisotopic (exact) mass is 305 g/mol. The van der Waals surface area contributed by atoms with Crippen LogP contribution in [-0.2, 0) is 0 Å². The molecule has 4 heteroatoms. The highest BCUT2D eigenvalue weighted by Crippen LogP contribution is 2.30. The summed E-state index contributed by atoms with van der Waals surface area (Å²) in [6, 6.07) is 13.0. The molecule has 1 unspecified atom stereocenters. The Bertz CT molecular complexity index is 779. The average molecular weight is 306 g/mol. The summed E-state index contributed by atoms with van der Waals surface area (Å²) in [5.74, 6) is 0.712. The molecule has 3 rings (SSSR count). The number of benzene rings is 2. The van der Waals surface area contributed by atoms with Crippen LogP contribution in [0, 0.1) is 6.92 Å². The molecule has 2 N–H and O–H groups in total. The Morgan fingerprint density at radius 2 is 1.80 bits per heavy atom. The molecular weight excluding hydrogens is 293 g/mol. The molecule has 1 aromatic heterocycles. The first-order valence-electron chi connectivity index (χ1n) is 6.25. The van der Waals surface area contributed by atoms with E-state index in [0.717, 1.165) is 16.5 Å². The fraction of sp³-hybridized carbons (Fsp3) is 0.125. The number of furan rings is 1. The molecule has 0 saturated heterocycles. The van der Waals surface area contributed by atoms with E-state index in [4.69, 9.17) is 33.4 Å². The molecule has 0 amide bonds. The molecule has 2 nitrogen and oxygen atoms in total. The quantitative estimate of drug-likeness (QED) is 0.715. The van der Waals surface area contributed by atoms with Crippen molar-refractivity contribution < 1.29 is 4.42 Å². The average Bonchev–Trinajstić information content (AvgIpc) is 2.84. The smallest absolute Gasteiger partial charge is 0.134 e. The van der Waals surface area contributed by atoms with Crippen LogP contribution < -0.4 is 5.73 Å². The second-order valence-corrected chi connectivity index (χ2v) is 5.66. The van der Waals surface area contributed by atoms with Gasteiger partial charge in [-0.3, -0.25) is 0 Å². The molecule has 0 radical (unpaired) electrons. The van der Waals surface area contributed by atoms with Crippen LogP contribution in [-0.4, -0.2) is 0 Å². The van der Waals surface area contributed by atoms with Crippen LogP contribution in [0.3, 0.4) is 0 Å². The lowest BCUT2D eigenvalue weighted by Gasteiger charge is -2.09. The number of aryl methyl sites for hydroxylation is 1. The summed E-state index contributed by atoms with van der Waals surface area (Å²) >= 11 is 11.9. The van der Waals surface area contributed by atoms with Gasteiger partial charge >= 0.3 is 0 Å². The minimum absolute atomic E-state index is 0.363. The van der Waals surface area contributed by atoms with Crippen LogP contribution in [0.1, 0.15) is 22.9 Å². The summed E-state index contributed by atoms with van der Waals surface area (Å²) in [5.41, 5.74) is 9.13. The van der Waals surface area contributed by atoms with Gasteiger partial charge in [-0.15, -0.1) is 0 Å². The maximum atomic E-state index is 6.24. The predicted octanol–water partition coefficient (Wildman–Crippen LogP) is 5.10. The summed E-state index contributed by atoms with van der Waals surface area (Å²) in [5, 5.41) is 2.06. The molecule has 3 aromatic rings. The fourth-order valence-corrected chi connectivity index (χ4v) is 2.51. The molecule has 0 aliphatic rings. The van der Waals surface area contributed by atoms with E-state index in [1.165, 1.54) is 5.56 Å². The molecule has 1 atom stereocenters. The van der Waals surface area contributed by atoms with Gasteiger partial charge < -0.3 is 10.2 Å². The Morgan fingerprint density at radius 1 is 1.00 bits per heavy atom. The molecule has 0 fully saturated rings. The zero-order valence-corrected chi connectivity index (χ0v) is 12.4. The van der Waals surface area contributed by atoms with Crippen molar-refractivity contribution in [1.29, 1.82) is 0 Å². The van der Waals surface area contributed by atoms with Gasteiger partial charge in [-0.2, -0.15) is 0 Å². The van der Waals surface area contributed by atoms with E-state index in [9.17, 15) is 0 Å². The van der Waals surface area contributed by atoms with Gasteiger partial charge in [0.2, 0.25) is 0 Å². The number of fused-ring (bicyclic) bond motifs is 1. The van der Waals surface area contributed by atoms with Crippen molar-refractivity contribution in [3.8, 4) is 0 Å². The number of hydrogen-bond donors (Lipinski definition) is 1. The molecule has 102 valence electrons. The van der Waals surface area contributed by atoms with Crippen molar-refractivity contribution in [2.75, 3.05) is 0 Å². The second-order valence-electron chi connectivity index (χ2n) is 4.84. The van der Waals surface area contributed by atoms with E-state index in [0.29, 0.717) is 15.8 Å². The second kappa shape index (κ2) is 5.13. The minimum atomic E-state index is -0.363. The van der Waals surface area contributed by atoms with Gasteiger partial charge in [-0.25, -0.2) is 0 Å². The molecule has 0 aliphatic carbocycles. The summed E-state index contributed by atoms with van der Waals surface area (Å²) in [4.78, 5) is 0. The number of hydrogen-bond acceptors (Lipinski definition) is 2. The van der Waals surface area contributed by atoms with E-state index in [2.05, 4.69) is 6.07 Å². The lowest BCUT2D eigenvalue weighted by Crippen LogP contribution is -2.10. The first kappa shape index (κ1) is 13.5. The van der Waals surface area contributed by atoms with Crippen molar-refractivity contribution in [3.63, 3.8) is 0 Å². The molecule has 0 bridgehead atoms. The zero-order chi connectivity index (χ0) is 14.3. The lowest BCUT2D eigenvalue weighted by molar-refractivity contribution is 0.525. The van der Waals surface area contributed by atoms with Crippen molar-refractivity contribution >= 4 is 34.2 Å². The molecule has 1 heterocycles. The molecule has 0 spiro atoms. The molecule has 0 saturated carbocycles. The van der Waals surface area contributed by atoms with Gasteiger partial charge in [-0.05, 0) is 42.8 Å². The lowest BCUT2D eigenvalue weighted by atomic mass is 10.1. The van der Waals surface area contributed by atoms with Crippen LogP contribution in [0.4, 0.5) is 0 Å². The molecule has 2 aromatic carbocycles. The van der Waals surface area contributed by atoms with Crippen molar-refractivity contribution in [1.82, 2.24) is 0 Å². The normalized spacial score (nSPS) is 12.8. The first-order chi connectivity index (χ1) is 9.54. The molecule has 0 aliphatic heterocycles. The third-order valence-electron chi connectivity index (χ3n) is 3.30. The van der Waals surface area contributed by atoms with Gasteiger partial charge in [0.1, 0.15) is 11.3 Å². The summed E-state index contributed by atoms with van der Waals surface area (Å²) in [6.07, 6.45) is 0. The van der Waals surface area contributed by atoms with Crippen molar-refractivity contribution in [2.45, 2.75) is 13.0 Å². The summed E-state index contributed by atoms with van der Waals surface area (Å²) in [7, 11) is 0. The van der Waals surface area contributed by atoms with Gasteiger partial charge in [0.25, 0.3) is 0 Å². The van der Waals surface area contributed by atoms with E-state index >= 15 is 0 Å². The third-order valence-corrected chi connectivity index (χ3v) is 4.04. The van der Waals surface area contributed by atoms with Crippen LogP contribution in [0.25, 0.3) is 11.0 Å². The minimum Gasteiger partial charge on any atom is -0.459 e. The van der Waals surface area contributed by atoms with E-state index < -0.39 is 0 Å². The predicted molar refractivity (Wildman–Crippen MR) is 83.4 cm³/mol. The Hall–Kier alpha value is -1.48. The molecular formula is C16H13Cl2NO. The summed E-state index contributed by atoms with van der Waals surface area (Å²) in [6.45, 7) is 2.05. The van der Waals surface area contributed by atoms with Gasteiger partial charge in [0, 0.05) is 5.39 Å². The Kier molecular flexibility index (Phi) is 3.47. The number of halogens is 2. The third kappa shape index (κ3) is 2.42. The highest BCUT2D eigenvalue weighted by atomic mass is 35.5. The molecule has 20 heavy (non-hydrogen) atoms. The summed E-state index contributed by atoms with van der Waals surface area (Å²) < 4.78 is 5.81. The zero-order valence-electron chi connectivity index (χ0n) is 10.9. The maximum Gasteiger partial charge on any atom is 0.134 e. The number of rotatable bonds is 2. The van der Waals surface area contributed by atoms with Crippen molar-refractivity contribution in [3.05, 3.63) is 69.4 Å². The van der Waals surface area contributed by atoms with Crippen molar-refractivity contribution in [2.24, 2.45) is 5.73 Å². The maximum absolute atomic E-state index is 6.24. The fourth-order valence-electron chi connectivity index (χ4n) is 2.21. The van der Waals surface area contributed by atoms with Gasteiger partial charge in [-0.1, -0.05) is 40.9 Å². The van der Waals surface area contributed by atoms with Crippen LogP contribution in [0.15, 0.2) is 46.9 Å². The first-order valence-corrected chi connectivity index (χ1v) is 7.01. The van der Waals surface area contributed by atoms with Crippen LogP contribution >= 0.6 is 23.2 Å². The Balaban J connectivity index is 2.02. The van der Waals surface area contributed by atoms with E-state index in [-0.39, 0.29) is 6.04 Å². The van der Waals surface area contributed by atoms with Crippen LogP contribution in [0.5, 0.6) is 0 Å². The Labute approximate surface area is 127 Å². The topological polar surface area (TPSA) is 39.2 Å². The number of nitrogens with two attached hydrogens (primary N) is 1. The van der Waals surface area contributed by atoms with Gasteiger partial charge in [0.15, 0.2) is 0 Å². The highest BCUT2D eigenvalue weighted by Gasteiger charge is 2.15. The largest absolute Gasteiger partial charge is 0.459 e. The standard InChI is InChI=1S/C16H13Cl2NO/c1-9-2-5-14-11(6-9)8-15(20-14)16(19)10-3-4-12(17)13(18)7-10/h2-8,16H,19H2,1H3. The van der Waals surface area contributed by atoms with E-state index in [1.54, 1.807) is 12.1 Å². The van der Waals surface area contributed by atoms with E-state index in [1.807, 2.05) is 31.2 Å². The van der Waals surface area contributed by atoms with Gasteiger partial charge in [0.05, 0.1) is 16.1 Å².